The maximum Gasteiger partial charge on any atom is 0.124 e. The fourth-order valence-electron chi connectivity index (χ4n) is 2.18. The first kappa shape index (κ1) is 14.1. The minimum Gasteiger partial charge on any atom is -0.497 e. The summed E-state index contributed by atoms with van der Waals surface area (Å²) in [5, 5.41) is 12.1. The number of rotatable bonds is 7. The standard InChI is InChI=1S/C14H21NO4/c1-17-11-2-3-14-12(10-11)13(4-7-19-14)15-5-8-18-9-6-16/h2-3,10,13,15-16H,4-9H2,1H3. The number of methoxy groups -OCH3 is 1. The maximum atomic E-state index is 8.63. The van der Waals surface area contributed by atoms with Crippen molar-refractivity contribution in [2.45, 2.75) is 12.5 Å². The van der Waals surface area contributed by atoms with Gasteiger partial charge in [-0.3, -0.25) is 0 Å². The lowest BCUT2D eigenvalue weighted by Gasteiger charge is -2.27. The maximum absolute atomic E-state index is 8.63. The molecule has 2 N–H and O–H groups in total. The van der Waals surface area contributed by atoms with Crippen molar-refractivity contribution in [3.05, 3.63) is 23.8 Å². The van der Waals surface area contributed by atoms with Crippen molar-refractivity contribution in [2.24, 2.45) is 0 Å². The van der Waals surface area contributed by atoms with E-state index in [0.717, 1.165) is 30.0 Å². The summed E-state index contributed by atoms with van der Waals surface area (Å²) in [6, 6.07) is 6.13. The first-order valence-corrected chi connectivity index (χ1v) is 6.58. The number of nitrogens with one attached hydrogen (secondary N) is 1. The van der Waals surface area contributed by atoms with E-state index in [4.69, 9.17) is 19.3 Å². The van der Waals surface area contributed by atoms with Crippen LogP contribution in [0.5, 0.6) is 11.5 Å². The first-order valence-electron chi connectivity index (χ1n) is 6.58. The third-order valence-electron chi connectivity index (χ3n) is 3.13. The number of aliphatic hydroxyl groups excluding tert-OH is 1. The predicted octanol–water partition coefficient (Wildman–Crippen LogP) is 1.12. The van der Waals surface area contributed by atoms with E-state index in [0.29, 0.717) is 19.8 Å². The van der Waals surface area contributed by atoms with Gasteiger partial charge in [-0.1, -0.05) is 0 Å². The fourth-order valence-corrected chi connectivity index (χ4v) is 2.18. The lowest BCUT2D eigenvalue weighted by molar-refractivity contribution is 0.0915. The minimum absolute atomic E-state index is 0.0668. The van der Waals surface area contributed by atoms with Gasteiger partial charge in [-0.25, -0.2) is 0 Å². The topological polar surface area (TPSA) is 60.0 Å². The largest absolute Gasteiger partial charge is 0.497 e. The van der Waals surface area contributed by atoms with Gasteiger partial charge in [0.05, 0.1) is 33.5 Å². The highest BCUT2D eigenvalue weighted by Crippen LogP contribution is 2.34. The van der Waals surface area contributed by atoms with E-state index < -0.39 is 0 Å². The first-order chi connectivity index (χ1) is 9.35. The lowest BCUT2D eigenvalue weighted by Crippen LogP contribution is -2.30. The van der Waals surface area contributed by atoms with Gasteiger partial charge in [0, 0.05) is 24.6 Å². The third-order valence-corrected chi connectivity index (χ3v) is 3.13. The van der Waals surface area contributed by atoms with Gasteiger partial charge < -0.3 is 24.6 Å². The number of ether oxygens (including phenoxy) is 3. The van der Waals surface area contributed by atoms with Crippen molar-refractivity contribution in [3.8, 4) is 11.5 Å². The van der Waals surface area contributed by atoms with Gasteiger partial charge in [-0.15, -0.1) is 0 Å². The molecule has 1 aromatic carbocycles. The molecule has 1 aliphatic rings. The predicted molar refractivity (Wildman–Crippen MR) is 71.8 cm³/mol. The summed E-state index contributed by atoms with van der Waals surface area (Å²) in [4.78, 5) is 0. The molecule has 0 aliphatic carbocycles. The summed E-state index contributed by atoms with van der Waals surface area (Å²) in [6.07, 6.45) is 0.931. The molecule has 1 aromatic rings. The lowest BCUT2D eigenvalue weighted by atomic mass is 10.0. The van der Waals surface area contributed by atoms with Crippen LogP contribution >= 0.6 is 0 Å². The van der Waals surface area contributed by atoms with Gasteiger partial charge in [0.1, 0.15) is 11.5 Å². The zero-order valence-electron chi connectivity index (χ0n) is 11.2. The van der Waals surface area contributed by atoms with Crippen molar-refractivity contribution in [3.63, 3.8) is 0 Å². The summed E-state index contributed by atoms with van der Waals surface area (Å²) in [7, 11) is 1.66. The zero-order chi connectivity index (χ0) is 13.5. The van der Waals surface area contributed by atoms with Crippen LogP contribution in [-0.2, 0) is 4.74 Å². The second-order valence-corrected chi connectivity index (χ2v) is 4.38. The highest BCUT2D eigenvalue weighted by atomic mass is 16.5. The number of fused-ring (bicyclic) bond motifs is 1. The third kappa shape index (κ3) is 3.83. The average molecular weight is 267 g/mol. The zero-order valence-corrected chi connectivity index (χ0v) is 11.2. The summed E-state index contributed by atoms with van der Waals surface area (Å²) in [6.45, 7) is 2.52. The van der Waals surface area contributed by atoms with Crippen LogP contribution in [0, 0.1) is 0 Å². The van der Waals surface area contributed by atoms with Crippen LogP contribution in [0.25, 0.3) is 0 Å². The molecular formula is C14H21NO4. The molecule has 1 atom stereocenters. The molecule has 0 bridgehead atoms. The van der Waals surface area contributed by atoms with Gasteiger partial charge in [0.15, 0.2) is 0 Å². The molecule has 0 amide bonds. The second kappa shape index (κ2) is 7.33. The second-order valence-electron chi connectivity index (χ2n) is 4.38. The molecule has 0 aromatic heterocycles. The van der Waals surface area contributed by atoms with Crippen molar-refractivity contribution in [1.82, 2.24) is 5.32 Å². The Morgan fingerprint density at radius 1 is 1.42 bits per heavy atom. The Labute approximate surface area is 113 Å². The van der Waals surface area contributed by atoms with Crippen molar-refractivity contribution in [1.29, 1.82) is 0 Å². The fraction of sp³-hybridized carbons (Fsp3) is 0.571. The molecule has 106 valence electrons. The van der Waals surface area contributed by atoms with Gasteiger partial charge in [0.25, 0.3) is 0 Å². The summed E-state index contributed by atoms with van der Waals surface area (Å²) < 4.78 is 16.1. The molecule has 5 nitrogen and oxygen atoms in total. The molecule has 0 saturated carbocycles. The van der Waals surface area contributed by atoms with Gasteiger partial charge >= 0.3 is 0 Å². The quantitative estimate of drug-likeness (QED) is 0.725. The van der Waals surface area contributed by atoms with Crippen LogP contribution in [-0.4, -0.2) is 45.2 Å². The Kier molecular flexibility index (Phi) is 5.44. The molecule has 2 rings (SSSR count). The van der Waals surface area contributed by atoms with E-state index in [1.165, 1.54) is 0 Å². The molecule has 5 heteroatoms. The summed E-state index contributed by atoms with van der Waals surface area (Å²) in [5.74, 6) is 1.76. The number of benzene rings is 1. The number of hydrogen-bond donors (Lipinski definition) is 2. The van der Waals surface area contributed by atoms with E-state index in [1.807, 2.05) is 18.2 Å². The smallest absolute Gasteiger partial charge is 0.124 e. The molecule has 1 heterocycles. The highest BCUT2D eigenvalue weighted by molar-refractivity contribution is 5.43. The van der Waals surface area contributed by atoms with Crippen LogP contribution in [0.4, 0.5) is 0 Å². The molecule has 0 radical (unpaired) electrons. The molecule has 19 heavy (non-hydrogen) atoms. The molecule has 0 fully saturated rings. The van der Waals surface area contributed by atoms with E-state index in [2.05, 4.69) is 5.32 Å². The Morgan fingerprint density at radius 3 is 3.11 bits per heavy atom. The normalized spacial score (nSPS) is 17.7. The molecular weight excluding hydrogens is 246 g/mol. The van der Waals surface area contributed by atoms with Crippen LogP contribution in [0.15, 0.2) is 18.2 Å². The Morgan fingerprint density at radius 2 is 2.32 bits per heavy atom. The van der Waals surface area contributed by atoms with Crippen LogP contribution in [0.2, 0.25) is 0 Å². The summed E-state index contributed by atoms with van der Waals surface area (Å²) >= 11 is 0. The minimum atomic E-state index is 0.0668. The molecule has 0 saturated heterocycles. The van der Waals surface area contributed by atoms with Crippen molar-refractivity contribution >= 4 is 0 Å². The average Bonchev–Trinajstić information content (AvgIpc) is 2.46. The van der Waals surface area contributed by atoms with Crippen molar-refractivity contribution in [2.75, 3.05) is 40.1 Å². The number of hydrogen-bond acceptors (Lipinski definition) is 5. The van der Waals surface area contributed by atoms with Crippen LogP contribution in [0.3, 0.4) is 0 Å². The highest BCUT2D eigenvalue weighted by Gasteiger charge is 2.21. The van der Waals surface area contributed by atoms with E-state index >= 15 is 0 Å². The Hall–Kier alpha value is -1.30. The van der Waals surface area contributed by atoms with E-state index in [-0.39, 0.29) is 12.6 Å². The molecule has 1 unspecified atom stereocenters. The van der Waals surface area contributed by atoms with E-state index in [1.54, 1.807) is 7.11 Å². The van der Waals surface area contributed by atoms with E-state index in [9.17, 15) is 0 Å². The Balaban J connectivity index is 1.92. The summed E-state index contributed by atoms with van der Waals surface area (Å²) in [5.41, 5.74) is 1.13. The number of aliphatic hydroxyl groups is 1. The van der Waals surface area contributed by atoms with Crippen LogP contribution in [0.1, 0.15) is 18.0 Å². The van der Waals surface area contributed by atoms with Gasteiger partial charge in [-0.2, -0.15) is 0 Å². The van der Waals surface area contributed by atoms with Gasteiger partial charge in [0.2, 0.25) is 0 Å². The SMILES string of the molecule is COc1ccc2c(c1)C(NCCOCCO)CCO2. The monoisotopic (exact) mass is 267 g/mol. The molecule has 0 spiro atoms. The van der Waals surface area contributed by atoms with Crippen LogP contribution < -0.4 is 14.8 Å². The van der Waals surface area contributed by atoms with Crippen molar-refractivity contribution < 1.29 is 19.3 Å². The Bertz CT molecular complexity index is 397. The van der Waals surface area contributed by atoms with Gasteiger partial charge in [-0.05, 0) is 18.2 Å². The molecule has 1 aliphatic heterocycles.